The second-order valence-electron chi connectivity index (χ2n) is 9.09. The summed E-state index contributed by atoms with van der Waals surface area (Å²) in [6, 6.07) is 6.83. The van der Waals surface area contributed by atoms with Crippen LogP contribution in [-0.2, 0) is 6.42 Å². The fraction of sp³-hybridized carbons (Fsp3) is 0.333. The molecule has 1 aliphatic rings. The van der Waals surface area contributed by atoms with E-state index in [2.05, 4.69) is 78.5 Å². The van der Waals surface area contributed by atoms with Crippen molar-refractivity contribution in [2.75, 3.05) is 37.1 Å². The van der Waals surface area contributed by atoms with Gasteiger partial charge in [-0.05, 0) is 67.5 Å². The first-order valence-electron chi connectivity index (χ1n) is 12.6. The summed E-state index contributed by atoms with van der Waals surface area (Å²) in [5.41, 5.74) is 9.76. The minimum atomic E-state index is 1.08. The minimum Gasteiger partial charge on any atom is -0.388 e. The third-order valence-electron chi connectivity index (χ3n) is 6.77. The van der Waals surface area contributed by atoms with Crippen molar-refractivity contribution < 1.29 is 0 Å². The van der Waals surface area contributed by atoms with E-state index in [-0.39, 0.29) is 0 Å². The van der Waals surface area contributed by atoms with Crippen LogP contribution < -0.4 is 21.3 Å². The largest absolute Gasteiger partial charge is 0.388 e. The van der Waals surface area contributed by atoms with Gasteiger partial charge in [-0.2, -0.15) is 0 Å². The lowest BCUT2D eigenvalue weighted by atomic mass is 9.89. The molecular formula is C30H38N4S. The van der Waals surface area contributed by atoms with Gasteiger partial charge in [0.25, 0.3) is 0 Å². The van der Waals surface area contributed by atoms with E-state index in [0.717, 1.165) is 29.2 Å². The second kappa shape index (κ2) is 11.0. The number of hydrogen-bond donors (Lipinski definition) is 4. The zero-order valence-electron chi connectivity index (χ0n) is 21.9. The normalized spacial score (nSPS) is 12.9. The summed E-state index contributed by atoms with van der Waals surface area (Å²) in [6.07, 6.45) is 15.3. The van der Waals surface area contributed by atoms with Crippen LogP contribution in [0, 0.1) is 13.8 Å². The Balaban J connectivity index is 2.09. The fourth-order valence-corrected chi connectivity index (χ4v) is 6.37. The highest BCUT2D eigenvalue weighted by Gasteiger charge is 2.24. The van der Waals surface area contributed by atoms with E-state index in [1.54, 1.807) is 0 Å². The van der Waals surface area contributed by atoms with E-state index in [1.165, 1.54) is 62.0 Å². The quantitative estimate of drug-likeness (QED) is 0.231. The van der Waals surface area contributed by atoms with E-state index >= 15 is 0 Å². The van der Waals surface area contributed by atoms with E-state index in [9.17, 15) is 0 Å². The first-order chi connectivity index (χ1) is 17.0. The molecule has 4 rings (SSSR count). The number of unbranched alkanes of at least 4 members (excludes halogenated alkanes) is 2. The summed E-state index contributed by atoms with van der Waals surface area (Å²) in [5, 5.41) is 16.6. The molecule has 0 saturated carbocycles. The van der Waals surface area contributed by atoms with Gasteiger partial charge in [0, 0.05) is 76.4 Å². The zero-order valence-corrected chi connectivity index (χ0v) is 22.7. The van der Waals surface area contributed by atoms with Gasteiger partial charge < -0.3 is 21.3 Å². The molecule has 5 heteroatoms. The smallest absolute Gasteiger partial charge is 0.0472 e. The molecule has 35 heavy (non-hydrogen) atoms. The summed E-state index contributed by atoms with van der Waals surface area (Å²) < 4.78 is 0. The van der Waals surface area contributed by atoms with Crippen molar-refractivity contribution in [3.63, 3.8) is 0 Å². The molecule has 2 aromatic carbocycles. The highest BCUT2D eigenvalue weighted by molar-refractivity contribution is 7.17. The lowest BCUT2D eigenvalue weighted by molar-refractivity contribution is 0.719. The SMILES string of the molecule is CCCCCc1cc(C)c(C2=CC=CC=CN2)c2c(-c3c(NC)cc(NC)cc3NC)sc(C)c12. The van der Waals surface area contributed by atoms with Crippen LogP contribution >= 0.6 is 11.3 Å². The number of anilines is 3. The van der Waals surface area contributed by atoms with Gasteiger partial charge in [0.1, 0.15) is 0 Å². The van der Waals surface area contributed by atoms with Crippen molar-refractivity contribution in [2.45, 2.75) is 46.5 Å². The van der Waals surface area contributed by atoms with Crippen LogP contribution in [0.1, 0.15) is 47.8 Å². The van der Waals surface area contributed by atoms with Crippen molar-refractivity contribution in [1.29, 1.82) is 0 Å². The van der Waals surface area contributed by atoms with Crippen molar-refractivity contribution in [3.8, 4) is 10.4 Å². The molecule has 0 radical (unpaired) electrons. The molecule has 0 aliphatic carbocycles. The first kappa shape index (κ1) is 24.9. The van der Waals surface area contributed by atoms with Gasteiger partial charge in [0.2, 0.25) is 0 Å². The molecule has 0 atom stereocenters. The molecule has 3 aromatic rings. The standard InChI is InChI=1S/C30H38N4S/c1-7-8-10-13-21-16-19(2)26(23-14-11-9-12-15-34-23)29-27(21)20(3)35-30(29)28-24(32-5)17-22(31-4)18-25(28)33-6/h9,11-12,14-18,31-34H,7-8,10,13H2,1-6H3. The Morgan fingerprint density at radius 2 is 1.57 bits per heavy atom. The maximum atomic E-state index is 3.55. The van der Waals surface area contributed by atoms with Crippen LogP contribution in [-0.4, -0.2) is 21.1 Å². The summed E-state index contributed by atoms with van der Waals surface area (Å²) in [6.45, 7) is 6.82. The van der Waals surface area contributed by atoms with Crippen LogP contribution in [0.25, 0.3) is 26.9 Å². The molecular weight excluding hydrogens is 448 g/mol. The maximum absolute atomic E-state index is 3.55. The third kappa shape index (κ3) is 4.83. The Morgan fingerprint density at radius 1 is 0.829 bits per heavy atom. The van der Waals surface area contributed by atoms with Gasteiger partial charge in [-0.3, -0.25) is 0 Å². The predicted octanol–water partition coefficient (Wildman–Crippen LogP) is 8.06. The van der Waals surface area contributed by atoms with E-state index in [1.807, 2.05) is 44.8 Å². The number of allylic oxidation sites excluding steroid dienone is 4. The zero-order chi connectivity index (χ0) is 24.9. The molecule has 0 spiro atoms. The van der Waals surface area contributed by atoms with Crippen molar-refractivity contribution >= 4 is 44.9 Å². The van der Waals surface area contributed by atoms with Gasteiger partial charge in [0.05, 0.1) is 0 Å². The maximum Gasteiger partial charge on any atom is 0.0472 e. The second-order valence-corrected chi connectivity index (χ2v) is 10.3. The molecule has 4 nitrogen and oxygen atoms in total. The number of hydrogen-bond acceptors (Lipinski definition) is 5. The third-order valence-corrected chi connectivity index (χ3v) is 7.90. The Morgan fingerprint density at radius 3 is 2.23 bits per heavy atom. The lowest BCUT2D eigenvalue weighted by Crippen LogP contribution is -2.07. The number of aryl methyl sites for hydroxylation is 3. The van der Waals surface area contributed by atoms with Crippen molar-refractivity contribution in [2.24, 2.45) is 0 Å². The van der Waals surface area contributed by atoms with Crippen molar-refractivity contribution in [3.05, 3.63) is 70.3 Å². The molecule has 4 N–H and O–H groups in total. The molecule has 1 aliphatic heterocycles. The van der Waals surface area contributed by atoms with Crippen molar-refractivity contribution in [1.82, 2.24) is 5.32 Å². The van der Waals surface area contributed by atoms with E-state index in [4.69, 9.17) is 0 Å². The van der Waals surface area contributed by atoms with Crippen LogP contribution in [0.2, 0.25) is 0 Å². The number of benzene rings is 2. The molecule has 0 amide bonds. The number of rotatable bonds is 9. The van der Waals surface area contributed by atoms with Crippen LogP contribution in [0.5, 0.6) is 0 Å². The van der Waals surface area contributed by atoms with E-state index in [0.29, 0.717) is 0 Å². The molecule has 1 aromatic heterocycles. The number of thiophene rings is 1. The Bertz CT molecular complexity index is 1280. The molecule has 0 saturated heterocycles. The number of nitrogens with one attached hydrogen (secondary N) is 4. The van der Waals surface area contributed by atoms with Crippen LogP contribution in [0.4, 0.5) is 17.1 Å². The lowest BCUT2D eigenvalue weighted by Gasteiger charge is -2.20. The monoisotopic (exact) mass is 486 g/mol. The van der Waals surface area contributed by atoms with Gasteiger partial charge >= 0.3 is 0 Å². The van der Waals surface area contributed by atoms with Crippen LogP contribution in [0.3, 0.4) is 0 Å². The topological polar surface area (TPSA) is 48.1 Å². The molecule has 0 bridgehead atoms. The van der Waals surface area contributed by atoms with Gasteiger partial charge in [-0.25, -0.2) is 0 Å². The van der Waals surface area contributed by atoms with Gasteiger partial charge in [-0.15, -0.1) is 11.3 Å². The summed E-state index contributed by atoms with van der Waals surface area (Å²) >= 11 is 1.91. The fourth-order valence-electron chi connectivity index (χ4n) is 5.10. The predicted molar refractivity (Wildman–Crippen MR) is 158 cm³/mol. The van der Waals surface area contributed by atoms with Gasteiger partial charge in [0.15, 0.2) is 0 Å². The average Bonchev–Trinajstić information content (AvgIpc) is 3.02. The summed E-state index contributed by atoms with van der Waals surface area (Å²) in [5.74, 6) is 0. The molecule has 0 unspecified atom stereocenters. The first-order valence-corrected chi connectivity index (χ1v) is 13.4. The van der Waals surface area contributed by atoms with E-state index < -0.39 is 0 Å². The Labute approximate surface area is 214 Å². The molecule has 0 fully saturated rings. The number of fused-ring (bicyclic) bond motifs is 1. The Hall–Kier alpha value is -3.18. The highest BCUT2D eigenvalue weighted by atomic mass is 32.1. The minimum absolute atomic E-state index is 1.08. The average molecular weight is 487 g/mol. The molecule has 184 valence electrons. The Kier molecular flexibility index (Phi) is 7.86. The molecule has 2 heterocycles. The summed E-state index contributed by atoms with van der Waals surface area (Å²) in [4.78, 5) is 2.69. The van der Waals surface area contributed by atoms with Gasteiger partial charge in [-0.1, -0.05) is 38.0 Å². The summed E-state index contributed by atoms with van der Waals surface area (Å²) in [7, 11) is 5.98. The van der Waals surface area contributed by atoms with Crippen LogP contribution in [0.15, 0.2) is 48.7 Å². The highest BCUT2D eigenvalue weighted by Crippen LogP contribution is 2.49.